The molecule has 1 amide bonds. The molecular weight excluding hydrogens is 332 g/mol. The summed E-state index contributed by atoms with van der Waals surface area (Å²) in [5.41, 5.74) is 0.826. The molecule has 0 radical (unpaired) electrons. The van der Waals surface area contributed by atoms with Crippen LogP contribution in [0.5, 0.6) is 0 Å². The zero-order valence-corrected chi connectivity index (χ0v) is 11.7. The number of nitrogens with one attached hydrogen (secondary N) is 1. The van der Waals surface area contributed by atoms with Crippen LogP contribution in [0, 0.1) is 11.3 Å². The third-order valence-electron chi connectivity index (χ3n) is 2.19. The van der Waals surface area contributed by atoms with Gasteiger partial charge in [-0.05, 0) is 18.2 Å². The van der Waals surface area contributed by atoms with Gasteiger partial charge in [0.1, 0.15) is 16.9 Å². The highest BCUT2D eigenvalue weighted by Crippen LogP contribution is 2.21. The minimum atomic E-state index is -0.482. The van der Waals surface area contributed by atoms with E-state index in [1.165, 1.54) is 12.4 Å². The highest BCUT2D eigenvalue weighted by atomic mass is 79.9. The van der Waals surface area contributed by atoms with Crippen LogP contribution in [0.1, 0.15) is 16.1 Å². The molecule has 0 spiro atoms. The van der Waals surface area contributed by atoms with Gasteiger partial charge in [-0.15, -0.1) is 0 Å². The smallest absolute Gasteiger partial charge is 0.275 e. The third-order valence-corrected chi connectivity index (χ3v) is 2.86. The van der Waals surface area contributed by atoms with E-state index >= 15 is 0 Å². The number of nitriles is 1. The lowest BCUT2D eigenvalue weighted by molar-refractivity contribution is 0.102. The van der Waals surface area contributed by atoms with Gasteiger partial charge in [-0.25, -0.2) is 4.98 Å². The van der Waals surface area contributed by atoms with Gasteiger partial charge in [0.25, 0.3) is 5.91 Å². The van der Waals surface area contributed by atoms with Gasteiger partial charge in [0.2, 0.25) is 0 Å². The van der Waals surface area contributed by atoms with Crippen molar-refractivity contribution in [3.05, 3.63) is 51.5 Å². The second-order valence-electron chi connectivity index (χ2n) is 3.48. The number of carbonyl (C=O) groups is 1. The quantitative estimate of drug-likeness (QED) is 0.913. The van der Waals surface area contributed by atoms with Gasteiger partial charge in [-0.3, -0.25) is 9.78 Å². The number of carbonyl (C=O) groups excluding carboxylic acids is 1. The van der Waals surface area contributed by atoms with E-state index in [0.29, 0.717) is 11.3 Å². The Morgan fingerprint density at radius 3 is 2.89 bits per heavy atom. The van der Waals surface area contributed by atoms with Crippen LogP contribution >= 0.6 is 27.5 Å². The maximum absolute atomic E-state index is 11.9. The van der Waals surface area contributed by atoms with Crippen molar-refractivity contribution in [3.8, 4) is 6.07 Å². The topological polar surface area (TPSA) is 78.7 Å². The number of benzene rings is 1. The van der Waals surface area contributed by atoms with E-state index in [1.54, 1.807) is 18.2 Å². The molecule has 0 bridgehead atoms. The zero-order chi connectivity index (χ0) is 13.8. The number of hydrogen-bond donors (Lipinski definition) is 1. The molecule has 0 saturated heterocycles. The third kappa shape index (κ3) is 3.28. The second kappa shape index (κ2) is 5.78. The van der Waals surface area contributed by atoms with Crippen molar-refractivity contribution in [2.75, 3.05) is 5.32 Å². The molecule has 7 heteroatoms. The summed E-state index contributed by atoms with van der Waals surface area (Å²) in [6, 6.07) is 6.94. The Kier molecular flexibility index (Phi) is 4.10. The molecular formula is C12H6BrClN4O. The number of rotatable bonds is 2. The number of aromatic nitrogens is 2. The maximum atomic E-state index is 11.9. The van der Waals surface area contributed by atoms with Crippen molar-refractivity contribution < 1.29 is 4.79 Å². The van der Waals surface area contributed by atoms with Crippen molar-refractivity contribution in [1.29, 1.82) is 5.26 Å². The van der Waals surface area contributed by atoms with E-state index in [1.807, 2.05) is 6.07 Å². The summed E-state index contributed by atoms with van der Waals surface area (Å²) in [4.78, 5) is 19.6. The Labute approximate surface area is 122 Å². The molecule has 2 rings (SSSR count). The van der Waals surface area contributed by atoms with Gasteiger partial charge in [0, 0.05) is 4.47 Å². The van der Waals surface area contributed by atoms with E-state index in [4.69, 9.17) is 16.9 Å². The molecule has 0 aliphatic rings. The van der Waals surface area contributed by atoms with Crippen molar-refractivity contribution in [2.45, 2.75) is 0 Å². The van der Waals surface area contributed by atoms with Crippen molar-refractivity contribution in [3.63, 3.8) is 0 Å². The number of amides is 1. The SMILES string of the molecule is N#Cc1ccc(Br)cc1NC(=O)c1cncc(Cl)n1. The molecule has 0 saturated carbocycles. The summed E-state index contributed by atoms with van der Waals surface area (Å²) in [5.74, 6) is -0.482. The first-order valence-corrected chi connectivity index (χ1v) is 6.26. The van der Waals surface area contributed by atoms with Gasteiger partial charge in [-0.1, -0.05) is 27.5 Å². The van der Waals surface area contributed by atoms with E-state index < -0.39 is 5.91 Å². The Balaban J connectivity index is 2.29. The summed E-state index contributed by atoms with van der Waals surface area (Å²) in [5, 5.41) is 11.7. The van der Waals surface area contributed by atoms with Crippen LogP contribution in [-0.4, -0.2) is 15.9 Å². The van der Waals surface area contributed by atoms with E-state index in [0.717, 1.165) is 4.47 Å². The first-order valence-electron chi connectivity index (χ1n) is 5.08. The molecule has 0 aliphatic heterocycles. The minimum absolute atomic E-state index is 0.0800. The van der Waals surface area contributed by atoms with Crippen LogP contribution < -0.4 is 5.32 Å². The fourth-order valence-corrected chi connectivity index (χ4v) is 1.86. The predicted octanol–water partition coefficient (Wildman–Crippen LogP) is 3.02. The fourth-order valence-electron chi connectivity index (χ4n) is 1.36. The summed E-state index contributed by atoms with van der Waals surface area (Å²) in [6.07, 6.45) is 2.63. The Morgan fingerprint density at radius 2 is 2.21 bits per heavy atom. The zero-order valence-electron chi connectivity index (χ0n) is 9.39. The largest absolute Gasteiger partial charge is 0.319 e. The molecule has 94 valence electrons. The van der Waals surface area contributed by atoms with Crippen LogP contribution in [-0.2, 0) is 0 Å². The van der Waals surface area contributed by atoms with Crippen LogP contribution in [0.15, 0.2) is 35.1 Å². The standard InChI is InChI=1S/C12H6BrClN4O/c13-8-2-1-7(4-15)9(3-8)18-12(19)10-5-16-6-11(14)17-10/h1-3,5-6H,(H,18,19). The molecule has 19 heavy (non-hydrogen) atoms. The molecule has 1 aromatic carbocycles. The van der Waals surface area contributed by atoms with E-state index in [-0.39, 0.29) is 10.8 Å². The van der Waals surface area contributed by atoms with Crippen LogP contribution in [0.2, 0.25) is 5.15 Å². The highest BCUT2D eigenvalue weighted by Gasteiger charge is 2.11. The normalized spacial score (nSPS) is 9.74. The van der Waals surface area contributed by atoms with Gasteiger partial charge in [-0.2, -0.15) is 5.26 Å². The molecule has 1 N–H and O–H groups in total. The predicted molar refractivity (Wildman–Crippen MR) is 73.9 cm³/mol. The molecule has 1 aromatic heterocycles. The monoisotopic (exact) mass is 336 g/mol. The van der Waals surface area contributed by atoms with Crippen LogP contribution in [0.3, 0.4) is 0 Å². The molecule has 2 aromatic rings. The lowest BCUT2D eigenvalue weighted by Crippen LogP contribution is -2.15. The van der Waals surface area contributed by atoms with Gasteiger partial charge >= 0.3 is 0 Å². The average Bonchev–Trinajstić information content (AvgIpc) is 2.39. The maximum Gasteiger partial charge on any atom is 0.275 e. The number of halogens is 2. The summed E-state index contributed by atoms with van der Waals surface area (Å²) < 4.78 is 0.749. The van der Waals surface area contributed by atoms with E-state index in [9.17, 15) is 4.79 Å². The van der Waals surface area contributed by atoms with E-state index in [2.05, 4.69) is 31.2 Å². The fraction of sp³-hybridized carbons (Fsp3) is 0. The molecule has 0 unspecified atom stereocenters. The Hall–Kier alpha value is -1.97. The average molecular weight is 338 g/mol. The molecule has 0 aliphatic carbocycles. The van der Waals surface area contributed by atoms with Crippen LogP contribution in [0.4, 0.5) is 5.69 Å². The van der Waals surface area contributed by atoms with Crippen LogP contribution in [0.25, 0.3) is 0 Å². The van der Waals surface area contributed by atoms with Crippen molar-refractivity contribution in [1.82, 2.24) is 9.97 Å². The molecule has 5 nitrogen and oxygen atoms in total. The lowest BCUT2D eigenvalue weighted by Gasteiger charge is -2.07. The first-order chi connectivity index (χ1) is 9.10. The van der Waals surface area contributed by atoms with Crippen molar-refractivity contribution in [2.24, 2.45) is 0 Å². The van der Waals surface area contributed by atoms with Crippen molar-refractivity contribution >= 4 is 39.1 Å². The number of anilines is 1. The lowest BCUT2D eigenvalue weighted by atomic mass is 10.2. The summed E-state index contributed by atoms with van der Waals surface area (Å²) in [7, 11) is 0. The molecule has 0 fully saturated rings. The van der Waals surface area contributed by atoms with Gasteiger partial charge < -0.3 is 5.32 Å². The minimum Gasteiger partial charge on any atom is -0.319 e. The number of hydrogen-bond acceptors (Lipinski definition) is 4. The summed E-state index contributed by atoms with van der Waals surface area (Å²) in [6.45, 7) is 0. The second-order valence-corrected chi connectivity index (χ2v) is 4.79. The molecule has 1 heterocycles. The Bertz CT molecular complexity index is 684. The van der Waals surface area contributed by atoms with Gasteiger partial charge in [0.15, 0.2) is 0 Å². The number of nitrogens with zero attached hydrogens (tertiary/aromatic N) is 3. The first kappa shape index (κ1) is 13.5. The van der Waals surface area contributed by atoms with Gasteiger partial charge in [0.05, 0.1) is 23.6 Å². The highest BCUT2D eigenvalue weighted by molar-refractivity contribution is 9.10. The summed E-state index contributed by atoms with van der Waals surface area (Å²) >= 11 is 8.94. The Morgan fingerprint density at radius 1 is 1.42 bits per heavy atom. The molecule has 0 atom stereocenters.